The molecule has 1 aromatic heterocycles. The number of hydrogen-bond acceptors (Lipinski definition) is 5. The van der Waals surface area contributed by atoms with Crippen LogP contribution in [-0.4, -0.2) is 36.9 Å². The van der Waals surface area contributed by atoms with E-state index >= 15 is 0 Å². The predicted molar refractivity (Wildman–Crippen MR) is 116 cm³/mol. The zero-order valence-electron chi connectivity index (χ0n) is 14.9. The van der Waals surface area contributed by atoms with Crippen LogP contribution < -0.4 is 20.7 Å². The number of aromatic nitrogens is 1. The summed E-state index contributed by atoms with van der Waals surface area (Å²) >= 11 is 1.61. The van der Waals surface area contributed by atoms with E-state index in [0.29, 0.717) is 13.0 Å². The lowest BCUT2D eigenvalue weighted by atomic mass is 10.3. The maximum absolute atomic E-state index is 12.4. The molecule has 1 aliphatic heterocycles. The standard InChI is InChI=1S/C17H20F3N5OS.HI/c18-17(19,20)26-14-6-2-1-5-13(14)24-15(21)22-8-7-12-11-27-16(23-12)25-9-3-4-10-25;/h1-2,5-6,11H,3-4,7-10H2,(H3,21,22,24);1H. The smallest absolute Gasteiger partial charge is 0.404 e. The minimum Gasteiger partial charge on any atom is -0.404 e. The van der Waals surface area contributed by atoms with Crippen molar-refractivity contribution >= 4 is 52.1 Å². The van der Waals surface area contributed by atoms with E-state index in [-0.39, 0.29) is 41.4 Å². The first-order chi connectivity index (χ1) is 12.9. The molecule has 11 heteroatoms. The van der Waals surface area contributed by atoms with Crippen LogP contribution in [0.25, 0.3) is 0 Å². The first-order valence-corrected chi connectivity index (χ1v) is 9.40. The van der Waals surface area contributed by atoms with Crippen LogP contribution in [0.1, 0.15) is 18.5 Å². The second kappa shape index (κ2) is 10.1. The van der Waals surface area contributed by atoms with Crippen LogP contribution in [0, 0.1) is 0 Å². The van der Waals surface area contributed by atoms with E-state index in [4.69, 9.17) is 5.73 Å². The lowest BCUT2D eigenvalue weighted by molar-refractivity contribution is -0.274. The number of benzene rings is 1. The molecule has 1 saturated heterocycles. The summed E-state index contributed by atoms with van der Waals surface area (Å²) in [5, 5.41) is 5.67. The number of nitrogens with two attached hydrogens (primary N) is 1. The Labute approximate surface area is 182 Å². The normalized spacial score (nSPS) is 14.7. The van der Waals surface area contributed by atoms with Gasteiger partial charge in [-0.25, -0.2) is 4.98 Å². The van der Waals surface area contributed by atoms with E-state index in [0.717, 1.165) is 23.9 Å². The Hall–Kier alpha value is -1.76. The topological polar surface area (TPSA) is 75.8 Å². The quantitative estimate of drug-likeness (QED) is 0.334. The number of aliphatic imine (C=N–C) groups is 1. The Morgan fingerprint density at radius 3 is 2.71 bits per heavy atom. The van der Waals surface area contributed by atoms with E-state index in [1.165, 1.54) is 31.0 Å². The van der Waals surface area contributed by atoms with Gasteiger partial charge in [-0.15, -0.1) is 48.5 Å². The molecule has 3 rings (SSSR count). The molecule has 0 bridgehead atoms. The fraction of sp³-hybridized carbons (Fsp3) is 0.412. The summed E-state index contributed by atoms with van der Waals surface area (Å²) in [5.41, 5.74) is 6.81. The summed E-state index contributed by atoms with van der Waals surface area (Å²) in [7, 11) is 0. The van der Waals surface area contributed by atoms with Gasteiger partial charge in [0.2, 0.25) is 0 Å². The van der Waals surface area contributed by atoms with Gasteiger partial charge in [-0.3, -0.25) is 4.99 Å². The third-order valence-electron chi connectivity index (χ3n) is 3.94. The highest BCUT2D eigenvalue weighted by Gasteiger charge is 2.32. The molecule has 1 aromatic carbocycles. The second-order valence-electron chi connectivity index (χ2n) is 6.00. The largest absolute Gasteiger partial charge is 0.573 e. The highest BCUT2D eigenvalue weighted by atomic mass is 127. The Bertz CT molecular complexity index is 793. The summed E-state index contributed by atoms with van der Waals surface area (Å²) < 4.78 is 41.3. The van der Waals surface area contributed by atoms with Gasteiger partial charge in [0.25, 0.3) is 0 Å². The number of rotatable bonds is 6. The molecule has 3 N–H and O–H groups in total. The van der Waals surface area contributed by atoms with Crippen molar-refractivity contribution in [2.24, 2.45) is 10.7 Å². The fourth-order valence-corrected chi connectivity index (χ4v) is 3.63. The van der Waals surface area contributed by atoms with Gasteiger partial charge in [-0.1, -0.05) is 12.1 Å². The molecule has 0 atom stereocenters. The van der Waals surface area contributed by atoms with Crippen LogP contribution in [0.5, 0.6) is 5.75 Å². The number of anilines is 2. The van der Waals surface area contributed by atoms with Gasteiger partial charge >= 0.3 is 6.36 Å². The number of alkyl halides is 3. The number of thiazole rings is 1. The van der Waals surface area contributed by atoms with E-state index in [9.17, 15) is 13.2 Å². The number of nitrogens with one attached hydrogen (secondary N) is 1. The SMILES string of the molecule is I.NC(=NCCc1csc(N2CCCC2)n1)Nc1ccccc1OC(F)(F)F. The first-order valence-electron chi connectivity index (χ1n) is 8.52. The summed E-state index contributed by atoms with van der Waals surface area (Å²) in [6.07, 6.45) is -1.78. The third-order valence-corrected chi connectivity index (χ3v) is 4.89. The lowest BCUT2D eigenvalue weighted by Gasteiger charge is -2.14. The van der Waals surface area contributed by atoms with Crippen molar-refractivity contribution in [2.75, 3.05) is 29.9 Å². The molecule has 6 nitrogen and oxygen atoms in total. The van der Waals surface area contributed by atoms with Gasteiger partial charge in [-0.05, 0) is 25.0 Å². The van der Waals surface area contributed by atoms with Crippen molar-refractivity contribution in [1.29, 1.82) is 0 Å². The minimum atomic E-state index is -4.78. The Morgan fingerprint density at radius 1 is 1.29 bits per heavy atom. The van der Waals surface area contributed by atoms with Crippen molar-refractivity contribution in [3.05, 3.63) is 35.3 Å². The summed E-state index contributed by atoms with van der Waals surface area (Å²) in [4.78, 5) is 11.0. The van der Waals surface area contributed by atoms with Crippen molar-refractivity contribution < 1.29 is 17.9 Å². The van der Waals surface area contributed by atoms with E-state index < -0.39 is 6.36 Å². The molecule has 154 valence electrons. The van der Waals surface area contributed by atoms with Crippen molar-refractivity contribution in [1.82, 2.24) is 4.98 Å². The highest BCUT2D eigenvalue weighted by molar-refractivity contribution is 14.0. The van der Waals surface area contributed by atoms with Crippen LogP contribution >= 0.6 is 35.3 Å². The van der Waals surface area contributed by atoms with Gasteiger partial charge in [0, 0.05) is 31.4 Å². The number of nitrogens with zero attached hydrogens (tertiary/aromatic N) is 3. The molecule has 0 saturated carbocycles. The predicted octanol–water partition coefficient (Wildman–Crippen LogP) is 4.23. The average molecular weight is 527 g/mol. The fourth-order valence-electron chi connectivity index (χ4n) is 2.72. The first kappa shape index (κ1) is 22.5. The van der Waals surface area contributed by atoms with Gasteiger partial charge in [0.15, 0.2) is 16.8 Å². The maximum Gasteiger partial charge on any atom is 0.573 e. The number of para-hydroxylation sites is 2. The van der Waals surface area contributed by atoms with Crippen molar-refractivity contribution in [2.45, 2.75) is 25.6 Å². The molecule has 1 fully saturated rings. The van der Waals surface area contributed by atoms with E-state index in [1.54, 1.807) is 17.4 Å². The summed E-state index contributed by atoms with van der Waals surface area (Å²) in [6.45, 7) is 2.47. The van der Waals surface area contributed by atoms with Crippen LogP contribution in [0.4, 0.5) is 24.0 Å². The minimum absolute atomic E-state index is 0. The third kappa shape index (κ3) is 6.69. The Morgan fingerprint density at radius 2 is 2.00 bits per heavy atom. The molecule has 28 heavy (non-hydrogen) atoms. The highest BCUT2D eigenvalue weighted by Crippen LogP contribution is 2.29. The van der Waals surface area contributed by atoms with Crippen LogP contribution in [0.3, 0.4) is 0 Å². The molecule has 2 heterocycles. The Kier molecular flexibility index (Phi) is 8.16. The zero-order chi connectivity index (χ0) is 19.3. The molecular formula is C17H21F3IN5OS. The number of guanidine groups is 1. The van der Waals surface area contributed by atoms with Crippen LogP contribution in [0.2, 0.25) is 0 Å². The molecule has 0 spiro atoms. The monoisotopic (exact) mass is 527 g/mol. The van der Waals surface area contributed by atoms with Crippen molar-refractivity contribution in [3.63, 3.8) is 0 Å². The molecule has 2 aromatic rings. The molecular weight excluding hydrogens is 506 g/mol. The van der Waals surface area contributed by atoms with Gasteiger partial charge < -0.3 is 20.7 Å². The van der Waals surface area contributed by atoms with E-state index in [1.807, 2.05) is 5.38 Å². The van der Waals surface area contributed by atoms with E-state index in [2.05, 4.69) is 24.9 Å². The number of hydrogen-bond donors (Lipinski definition) is 2. The van der Waals surface area contributed by atoms with Crippen LogP contribution in [-0.2, 0) is 6.42 Å². The lowest BCUT2D eigenvalue weighted by Crippen LogP contribution is -2.25. The van der Waals surface area contributed by atoms with Gasteiger partial charge in [0.1, 0.15) is 0 Å². The zero-order valence-corrected chi connectivity index (χ0v) is 18.1. The summed E-state index contributed by atoms with van der Waals surface area (Å²) in [5.74, 6) is -0.346. The molecule has 0 radical (unpaired) electrons. The second-order valence-corrected chi connectivity index (χ2v) is 6.84. The maximum atomic E-state index is 12.4. The Balaban J connectivity index is 0.00000280. The van der Waals surface area contributed by atoms with Gasteiger partial charge in [-0.2, -0.15) is 0 Å². The van der Waals surface area contributed by atoms with Gasteiger partial charge in [0.05, 0.1) is 11.4 Å². The molecule has 0 amide bonds. The molecule has 0 unspecified atom stereocenters. The molecule has 0 aliphatic carbocycles. The number of halogens is 4. The summed E-state index contributed by atoms with van der Waals surface area (Å²) in [6, 6.07) is 5.66. The average Bonchev–Trinajstić information content (AvgIpc) is 3.26. The molecule has 1 aliphatic rings. The van der Waals surface area contributed by atoms with Crippen LogP contribution in [0.15, 0.2) is 34.6 Å². The van der Waals surface area contributed by atoms with Crippen molar-refractivity contribution in [3.8, 4) is 5.75 Å². The number of ether oxygens (including phenoxy) is 1.